The second-order valence-corrected chi connectivity index (χ2v) is 5.45. The van der Waals surface area contributed by atoms with Gasteiger partial charge in [0.25, 0.3) is 0 Å². The minimum atomic E-state index is 0.229. The van der Waals surface area contributed by atoms with E-state index in [9.17, 15) is 0 Å². The molecule has 1 saturated carbocycles. The molecule has 0 saturated heterocycles. The first-order chi connectivity index (χ1) is 7.57. The zero-order chi connectivity index (χ0) is 12.0. The van der Waals surface area contributed by atoms with E-state index in [1.165, 1.54) is 0 Å². The van der Waals surface area contributed by atoms with E-state index >= 15 is 0 Å². The van der Waals surface area contributed by atoms with Crippen molar-refractivity contribution in [1.82, 2.24) is 5.32 Å². The molecule has 3 heteroatoms. The SMILES string of the molecule is CCOC1CC(NCC(C)(C)CCC#N)C1. The van der Waals surface area contributed by atoms with E-state index in [0.717, 1.165) is 32.4 Å². The van der Waals surface area contributed by atoms with Gasteiger partial charge in [0.2, 0.25) is 0 Å². The second kappa shape index (κ2) is 6.22. The summed E-state index contributed by atoms with van der Waals surface area (Å²) in [6.07, 6.45) is 4.38. The van der Waals surface area contributed by atoms with Crippen molar-refractivity contribution in [2.75, 3.05) is 13.2 Å². The smallest absolute Gasteiger partial charge is 0.0621 e. The van der Waals surface area contributed by atoms with Gasteiger partial charge in [0.05, 0.1) is 12.2 Å². The number of rotatable bonds is 7. The number of ether oxygens (including phenoxy) is 1. The molecule has 0 aromatic carbocycles. The Labute approximate surface area is 99.2 Å². The van der Waals surface area contributed by atoms with Crippen molar-refractivity contribution in [2.45, 2.75) is 58.6 Å². The average molecular weight is 224 g/mol. The zero-order valence-electron chi connectivity index (χ0n) is 10.8. The Morgan fingerprint density at radius 2 is 2.12 bits per heavy atom. The zero-order valence-corrected chi connectivity index (χ0v) is 10.8. The lowest BCUT2D eigenvalue weighted by atomic mass is 9.85. The van der Waals surface area contributed by atoms with Gasteiger partial charge in [-0.3, -0.25) is 0 Å². The molecule has 0 spiro atoms. The third-order valence-electron chi connectivity index (χ3n) is 3.28. The van der Waals surface area contributed by atoms with Crippen LogP contribution in [0.4, 0.5) is 0 Å². The van der Waals surface area contributed by atoms with Crippen LogP contribution >= 0.6 is 0 Å². The van der Waals surface area contributed by atoms with Gasteiger partial charge >= 0.3 is 0 Å². The summed E-state index contributed by atoms with van der Waals surface area (Å²) >= 11 is 0. The van der Waals surface area contributed by atoms with Crippen molar-refractivity contribution in [3.63, 3.8) is 0 Å². The van der Waals surface area contributed by atoms with Gasteiger partial charge < -0.3 is 10.1 Å². The summed E-state index contributed by atoms with van der Waals surface area (Å²) in [5.74, 6) is 0. The standard InChI is InChI=1S/C13H24N2O/c1-4-16-12-8-11(9-12)15-10-13(2,3)6-5-7-14/h11-12,15H,4-6,8-10H2,1-3H3. The minimum Gasteiger partial charge on any atom is -0.378 e. The molecule has 0 heterocycles. The molecule has 1 N–H and O–H groups in total. The van der Waals surface area contributed by atoms with Crippen LogP contribution in [-0.2, 0) is 4.74 Å². The molecule has 3 nitrogen and oxygen atoms in total. The van der Waals surface area contributed by atoms with Gasteiger partial charge in [-0.2, -0.15) is 5.26 Å². The highest BCUT2D eigenvalue weighted by molar-refractivity contribution is 4.88. The third kappa shape index (κ3) is 4.51. The number of hydrogen-bond acceptors (Lipinski definition) is 3. The topological polar surface area (TPSA) is 45.0 Å². The summed E-state index contributed by atoms with van der Waals surface area (Å²) in [5.41, 5.74) is 0.229. The number of nitrogens with zero attached hydrogens (tertiary/aromatic N) is 1. The molecule has 16 heavy (non-hydrogen) atoms. The van der Waals surface area contributed by atoms with Crippen LogP contribution in [0.2, 0.25) is 0 Å². The molecule has 0 radical (unpaired) electrons. The van der Waals surface area contributed by atoms with Crippen molar-refractivity contribution < 1.29 is 4.74 Å². The molecule has 0 aromatic heterocycles. The summed E-state index contributed by atoms with van der Waals surface area (Å²) in [4.78, 5) is 0. The Bertz CT molecular complexity index is 239. The number of nitriles is 1. The molecule has 1 rings (SSSR count). The first kappa shape index (κ1) is 13.5. The van der Waals surface area contributed by atoms with Crippen LogP contribution in [0.15, 0.2) is 0 Å². The summed E-state index contributed by atoms with van der Waals surface area (Å²) in [6.45, 7) is 8.31. The highest BCUT2D eigenvalue weighted by Gasteiger charge is 2.30. The Morgan fingerprint density at radius 1 is 1.44 bits per heavy atom. The summed E-state index contributed by atoms with van der Waals surface area (Å²) < 4.78 is 5.52. The van der Waals surface area contributed by atoms with Crippen LogP contribution in [0.3, 0.4) is 0 Å². The van der Waals surface area contributed by atoms with E-state index in [2.05, 4.69) is 25.2 Å². The van der Waals surface area contributed by atoms with Crippen molar-refractivity contribution in [3.05, 3.63) is 0 Å². The molecule has 0 aliphatic heterocycles. The van der Waals surface area contributed by atoms with Crippen LogP contribution in [0.25, 0.3) is 0 Å². The van der Waals surface area contributed by atoms with Gasteiger partial charge in [-0.1, -0.05) is 13.8 Å². The fourth-order valence-corrected chi connectivity index (χ4v) is 2.01. The Balaban J connectivity index is 2.09. The van der Waals surface area contributed by atoms with Crippen LogP contribution < -0.4 is 5.32 Å². The fraction of sp³-hybridized carbons (Fsp3) is 0.923. The van der Waals surface area contributed by atoms with E-state index in [0.29, 0.717) is 18.6 Å². The molecule has 0 atom stereocenters. The largest absolute Gasteiger partial charge is 0.378 e. The molecule has 1 fully saturated rings. The lowest BCUT2D eigenvalue weighted by Gasteiger charge is -2.37. The summed E-state index contributed by atoms with van der Waals surface area (Å²) in [6, 6.07) is 2.84. The molecule has 1 aliphatic carbocycles. The maximum atomic E-state index is 8.57. The Kier molecular flexibility index (Phi) is 5.24. The molecular formula is C13H24N2O. The van der Waals surface area contributed by atoms with Crippen LogP contribution in [-0.4, -0.2) is 25.3 Å². The molecule has 0 bridgehead atoms. The van der Waals surface area contributed by atoms with E-state index < -0.39 is 0 Å². The van der Waals surface area contributed by atoms with Crippen molar-refractivity contribution in [3.8, 4) is 6.07 Å². The van der Waals surface area contributed by atoms with Gasteiger partial charge in [0, 0.05) is 25.6 Å². The van der Waals surface area contributed by atoms with E-state index in [-0.39, 0.29) is 5.41 Å². The predicted molar refractivity (Wildman–Crippen MR) is 65.1 cm³/mol. The summed E-state index contributed by atoms with van der Waals surface area (Å²) in [5, 5.41) is 12.1. The average Bonchev–Trinajstić information content (AvgIpc) is 2.18. The molecule has 92 valence electrons. The van der Waals surface area contributed by atoms with Gasteiger partial charge in [0.15, 0.2) is 0 Å². The quantitative estimate of drug-likeness (QED) is 0.722. The molecule has 1 aliphatic rings. The van der Waals surface area contributed by atoms with Gasteiger partial charge in [0.1, 0.15) is 0 Å². The highest BCUT2D eigenvalue weighted by Crippen LogP contribution is 2.26. The lowest BCUT2D eigenvalue weighted by Crippen LogP contribution is -2.48. The normalized spacial score (nSPS) is 24.9. The van der Waals surface area contributed by atoms with Crippen molar-refractivity contribution >= 4 is 0 Å². The predicted octanol–water partition coefficient (Wildman–Crippen LogP) is 2.47. The monoisotopic (exact) mass is 224 g/mol. The van der Waals surface area contributed by atoms with E-state index in [4.69, 9.17) is 10.00 Å². The molecule has 0 unspecified atom stereocenters. The van der Waals surface area contributed by atoms with Crippen LogP contribution in [0.1, 0.15) is 46.5 Å². The van der Waals surface area contributed by atoms with E-state index in [1.807, 2.05) is 6.92 Å². The number of hydrogen-bond donors (Lipinski definition) is 1. The van der Waals surface area contributed by atoms with Crippen LogP contribution in [0, 0.1) is 16.7 Å². The Morgan fingerprint density at radius 3 is 2.69 bits per heavy atom. The van der Waals surface area contributed by atoms with Gasteiger partial charge in [-0.25, -0.2) is 0 Å². The van der Waals surface area contributed by atoms with E-state index in [1.54, 1.807) is 0 Å². The third-order valence-corrected chi connectivity index (χ3v) is 3.28. The van der Waals surface area contributed by atoms with Gasteiger partial charge in [-0.15, -0.1) is 0 Å². The van der Waals surface area contributed by atoms with Crippen molar-refractivity contribution in [2.24, 2.45) is 5.41 Å². The van der Waals surface area contributed by atoms with Crippen LogP contribution in [0.5, 0.6) is 0 Å². The summed E-state index contributed by atoms with van der Waals surface area (Å²) in [7, 11) is 0. The first-order valence-corrected chi connectivity index (χ1v) is 6.29. The number of nitrogens with one attached hydrogen (secondary N) is 1. The molecule has 0 amide bonds. The van der Waals surface area contributed by atoms with Crippen molar-refractivity contribution in [1.29, 1.82) is 5.26 Å². The maximum absolute atomic E-state index is 8.57. The second-order valence-electron chi connectivity index (χ2n) is 5.45. The molecular weight excluding hydrogens is 200 g/mol. The maximum Gasteiger partial charge on any atom is 0.0621 e. The molecule has 0 aromatic rings. The lowest BCUT2D eigenvalue weighted by molar-refractivity contribution is -0.0118. The van der Waals surface area contributed by atoms with Gasteiger partial charge in [-0.05, 0) is 31.6 Å². The minimum absolute atomic E-state index is 0.229. The first-order valence-electron chi connectivity index (χ1n) is 6.29. The highest BCUT2D eigenvalue weighted by atomic mass is 16.5. The fourth-order valence-electron chi connectivity index (χ4n) is 2.01. The Hall–Kier alpha value is -0.590.